The second kappa shape index (κ2) is 6.03. The third-order valence-corrected chi connectivity index (χ3v) is 3.42. The molecule has 0 bridgehead atoms. The number of rotatable bonds is 3. The molecule has 0 radical (unpaired) electrons. The number of hydrogen-bond donors (Lipinski definition) is 0. The van der Waals surface area contributed by atoms with Crippen LogP contribution in [0.3, 0.4) is 0 Å². The molecule has 0 saturated carbocycles. The Bertz CT molecular complexity index is 644. The first-order valence-electron chi connectivity index (χ1n) is 6.45. The van der Waals surface area contributed by atoms with Gasteiger partial charge in [-0.05, 0) is 30.7 Å². The van der Waals surface area contributed by atoms with Crippen molar-refractivity contribution in [3.05, 3.63) is 71.3 Å². The van der Waals surface area contributed by atoms with Gasteiger partial charge in [-0.2, -0.15) is 5.26 Å². The Hall–Kier alpha value is -2.60. The lowest BCUT2D eigenvalue weighted by atomic mass is 10.1. The van der Waals surface area contributed by atoms with Crippen LogP contribution in [0, 0.1) is 11.3 Å². The predicted octanol–water partition coefficient (Wildman–Crippen LogP) is 3.39. The van der Waals surface area contributed by atoms with E-state index in [1.807, 2.05) is 37.3 Å². The fourth-order valence-corrected chi connectivity index (χ4v) is 2.06. The van der Waals surface area contributed by atoms with Crippen LogP contribution < -0.4 is 0 Å². The van der Waals surface area contributed by atoms with Gasteiger partial charge in [0, 0.05) is 12.6 Å². The van der Waals surface area contributed by atoms with Crippen LogP contribution in [-0.4, -0.2) is 17.9 Å². The summed E-state index contributed by atoms with van der Waals surface area (Å²) in [5.41, 5.74) is 2.12. The summed E-state index contributed by atoms with van der Waals surface area (Å²) in [6, 6.07) is 18.7. The number of carbonyl (C=O) groups is 1. The Kier molecular flexibility index (Phi) is 4.17. The van der Waals surface area contributed by atoms with E-state index in [2.05, 4.69) is 6.07 Å². The first-order chi connectivity index (χ1) is 9.63. The highest BCUT2D eigenvalue weighted by Gasteiger charge is 2.18. The maximum absolute atomic E-state index is 12.4. The Balaban J connectivity index is 2.22. The SMILES string of the molecule is CC(c1ccccc1)N(C)C(=O)c1cccc(C#N)c1. The Morgan fingerprint density at radius 3 is 2.50 bits per heavy atom. The van der Waals surface area contributed by atoms with Gasteiger partial charge < -0.3 is 4.90 Å². The highest BCUT2D eigenvalue weighted by Crippen LogP contribution is 2.20. The van der Waals surface area contributed by atoms with Crippen molar-refractivity contribution in [1.29, 1.82) is 5.26 Å². The normalized spacial score (nSPS) is 11.4. The molecule has 0 aliphatic rings. The van der Waals surface area contributed by atoms with Gasteiger partial charge in [-0.1, -0.05) is 36.4 Å². The van der Waals surface area contributed by atoms with Crippen molar-refractivity contribution in [2.75, 3.05) is 7.05 Å². The van der Waals surface area contributed by atoms with Crippen LogP contribution in [0.25, 0.3) is 0 Å². The van der Waals surface area contributed by atoms with Gasteiger partial charge in [0.2, 0.25) is 0 Å². The molecular weight excluding hydrogens is 248 g/mol. The van der Waals surface area contributed by atoms with Crippen LogP contribution in [-0.2, 0) is 0 Å². The molecule has 3 heteroatoms. The zero-order valence-electron chi connectivity index (χ0n) is 11.6. The minimum absolute atomic E-state index is 0.0190. The highest BCUT2D eigenvalue weighted by molar-refractivity contribution is 5.94. The molecule has 3 nitrogen and oxygen atoms in total. The summed E-state index contributed by atoms with van der Waals surface area (Å²) >= 11 is 0. The molecule has 100 valence electrons. The standard InChI is InChI=1S/C17H16N2O/c1-13(15-8-4-3-5-9-15)19(2)17(20)16-10-6-7-14(11-16)12-18/h3-11,13H,1-2H3. The first kappa shape index (κ1) is 13.8. The van der Waals surface area contributed by atoms with Crippen molar-refractivity contribution in [1.82, 2.24) is 4.90 Å². The third-order valence-electron chi connectivity index (χ3n) is 3.42. The summed E-state index contributed by atoms with van der Waals surface area (Å²) in [6.07, 6.45) is 0. The van der Waals surface area contributed by atoms with E-state index >= 15 is 0 Å². The molecule has 0 fully saturated rings. The molecule has 0 aromatic heterocycles. The molecular formula is C17H16N2O. The van der Waals surface area contributed by atoms with Crippen LogP contribution in [0.15, 0.2) is 54.6 Å². The second-order valence-electron chi connectivity index (χ2n) is 4.70. The molecule has 0 saturated heterocycles. The van der Waals surface area contributed by atoms with Gasteiger partial charge in [0.25, 0.3) is 5.91 Å². The van der Waals surface area contributed by atoms with Gasteiger partial charge in [-0.15, -0.1) is 0 Å². The fraction of sp³-hybridized carbons (Fsp3) is 0.176. The summed E-state index contributed by atoms with van der Waals surface area (Å²) < 4.78 is 0. The zero-order chi connectivity index (χ0) is 14.5. The minimum Gasteiger partial charge on any atom is -0.335 e. The lowest BCUT2D eigenvalue weighted by molar-refractivity contribution is 0.0742. The number of carbonyl (C=O) groups excluding carboxylic acids is 1. The van der Waals surface area contributed by atoms with E-state index in [9.17, 15) is 4.79 Å². The second-order valence-corrected chi connectivity index (χ2v) is 4.70. The van der Waals surface area contributed by atoms with Crippen LogP contribution in [0.1, 0.15) is 34.5 Å². The van der Waals surface area contributed by atoms with Crippen molar-refractivity contribution >= 4 is 5.91 Å². The predicted molar refractivity (Wildman–Crippen MR) is 78.1 cm³/mol. The molecule has 20 heavy (non-hydrogen) atoms. The molecule has 0 aliphatic carbocycles. The molecule has 2 aromatic carbocycles. The lowest BCUT2D eigenvalue weighted by Crippen LogP contribution is -2.29. The van der Waals surface area contributed by atoms with Gasteiger partial charge in [-0.25, -0.2) is 0 Å². The molecule has 0 N–H and O–H groups in total. The van der Waals surface area contributed by atoms with E-state index in [-0.39, 0.29) is 11.9 Å². The van der Waals surface area contributed by atoms with Gasteiger partial charge in [0.15, 0.2) is 0 Å². The fourth-order valence-electron chi connectivity index (χ4n) is 2.06. The maximum atomic E-state index is 12.4. The topological polar surface area (TPSA) is 44.1 Å². The molecule has 2 aromatic rings. The monoisotopic (exact) mass is 264 g/mol. The number of nitrogens with zero attached hydrogens (tertiary/aromatic N) is 2. The van der Waals surface area contributed by atoms with Gasteiger partial charge in [0.05, 0.1) is 17.7 Å². The molecule has 0 aliphatic heterocycles. The smallest absolute Gasteiger partial charge is 0.254 e. The first-order valence-corrected chi connectivity index (χ1v) is 6.45. The summed E-state index contributed by atoms with van der Waals surface area (Å²) in [7, 11) is 1.78. The summed E-state index contributed by atoms with van der Waals surface area (Å²) in [5, 5.41) is 8.89. The highest BCUT2D eigenvalue weighted by atomic mass is 16.2. The van der Waals surface area contributed by atoms with Crippen LogP contribution in [0.4, 0.5) is 0 Å². The number of benzene rings is 2. The van der Waals surface area contributed by atoms with E-state index in [4.69, 9.17) is 5.26 Å². The molecule has 2 rings (SSSR count). The van der Waals surface area contributed by atoms with Crippen LogP contribution in [0.5, 0.6) is 0 Å². The molecule has 1 atom stereocenters. The number of nitriles is 1. The average Bonchev–Trinajstić information content (AvgIpc) is 2.53. The summed E-state index contributed by atoms with van der Waals surface area (Å²) in [6.45, 7) is 1.99. The molecule has 0 heterocycles. The quantitative estimate of drug-likeness (QED) is 0.852. The summed E-state index contributed by atoms with van der Waals surface area (Å²) in [5.74, 6) is -0.0848. The zero-order valence-corrected chi connectivity index (χ0v) is 11.6. The van der Waals surface area contributed by atoms with E-state index in [1.165, 1.54) is 0 Å². The van der Waals surface area contributed by atoms with Gasteiger partial charge >= 0.3 is 0 Å². The van der Waals surface area contributed by atoms with Crippen molar-refractivity contribution in [2.45, 2.75) is 13.0 Å². The largest absolute Gasteiger partial charge is 0.335 e. The molecule has 1 unspecified atom stereocenters. The molecule has 1 amide bonds. The van der Waals surface area contributed by atoms with Gasteiger partial charge in [0.1, 0.15) is 0 Å². The van der Waals surface area contributed by atoms with E-state index in [0.29, 0.717) is 11.1 Å². The third kappa shape index (κ3) is 2.86. The summed E-state index contributed by atoms with van der Waals surface area (Å²) in [4.78, 5) is 14.1. The van der Waals surface area contributed by atoms with Crippen molar-refractivity contribution in [3.8, 4) is 6.07 Å². The van der Waals surface area contributed by atoms with E-state index in [1.54, 1.807) is 36.2 Å². The van der Waals surface area contributed by atoms with Crippen molar-refractivity contribution in [3.63, 3.8) is 0 Å². The van der Waals surface area contributed by atoms with Crippen LogP contribution >= 0.6 is 0 Å². The Morgan fingerprint density at radius 1 is 1.15 bits per heavy atom. The molecule has 0 spiro atoms. The number of hydrogen-bond acceptors (Lipinski definition) is 2. The van der Waals surface area contributed by atoms with E-state index < -0.39 is 0 Å². The number of amides is 1. The van der Waals surface area contributed by atoms with Crippen LogP contribution in [0.2, 0.25) is 0 Å². The van der Waals surface area contributed by atoms with Gasteiger partial charge in [-0.3, -0.25) is 4.79 Å². The van der Waals surface area contributed by atoms with Crippen molar-refractivity contribution < 1.29 is 4.79 Å². The average molecular weight is 264 g/mol. The lowest BCUT2D eigenvalue weighted by Gasteiger charge is -2.25. The Labute approximate surface area is 119 Å². The minimum atomic E-state index is -0.0848. The van der Waals surface area contributed by atoms with Crippen molar-refractivity contribution in [2.24, 2.45) is 0 Å². The Morgan fingerprint density at radius 2 is 1.85 bits per heavy atom. The maximum Gasteiger partial charge on any atom is 0.254 e. The van der Waals surface area contributed by atoms with E-state index in [0.717, 1.165) is 5.56 Å².